The maximum atomic E-state index is 12.1. The van der Waals surface area contributed by atoms with Crippen LogP contribution in [0.2, 0.25) is 0 Å². The van der Waals surface area contributed by atoms with Gasteiger partial charge in [-0.2, -0.15) is 0 Å². The molecule has 0 saturated heterocycles. The van der Waals surface area contributed by atoms with Crippen molar-refractivity contribution in [1.29, 1.82) is 0 Å². The third-order valence-electron chi connectivity index (χ3n) is 3.60. The van der Waals surface area contributed by atoms with E-state index in [0.29, 0.717) is 30.4 Å². The van der Waals surface area contributed by atoms with Crippen molar-refractivity contribution in [3.8, 4) is 0 Å². The Kier molecular flexibility index (Phi) is 9.79. The topological polar surface area (TPSA) is 49.6 Å². The maximum Gasteiger partial charge on any atom is 0.236 e. The molecule has 0 aromatic rings. The first-order valence-electron chi connectivity index (χ1n) is 7.19. The van der Waals surface area contributed by atoms with Crippen LogP contribution < -0.4 is 5.73 Å². The first-order valence-corrected chi connectivity index (χ1v) is 7.59. The quantitative estimate of drug-likeness (QED) is 0.623. The van der Waals surface area contributed by atoms with E-state index in [1.165, 1.54) is 12.8 Å². The summed E-state index contributed by atoms with van der Waals surface area (Å²) in [6, 6.07) is 0. The van der Waals surface area contributed by atoms with Gasteiger partial charge in [0.1, 0.15) is 0 Å². The smallest absolute Gasteiger partial charge is 0.236 e. The summed E-state index contributed by atoms with van der Waals surface area (Å²) in [5.41, 5.74) is 5.45. The number of rotatable bonds is 10. The molecule has 0 aliphatic carbocycles. The van der Waals surface area contributed by atoms with E-state index in [2.05, 4.69) is 25.7 Å². The van der Waals surface area contributed by atoms with Gasteiger partial charge in [-0.15, -0.1) is 0 Å². The minimum absolute atomic E-state index is 0.143. The van der Waals surface area contributed by atoms with Gasteiger partial charge >= 0.3 is 0 Å². The molecule has 0 aromatic carbocycles. The minimum Gasteiger partial charge on any atom is -0.393 e. The van der Waals surface area contributed by atoms with Crippen LogP contribution in [-0.4, -0.2) is 53.9 Å². The molecule has 0 aliphatic heterocycles. The first kappa shape index (κ1) is 18.3. The van der Waals surface area contributed by atoms with Crippen molar-refractivity contribution < 1.29 is 4.79 Å². The van der Waals surface area contributed by atoms with E-state index in [4.69, 9.17) is 18.0 Å². The van der Waals surface area contributed by atoms with E-state index in [-0.39, 0.29) is 5.91 Å². The molecule has 0 spiro atoms. The van der Waals surface area contributed by atoms with Crippen molar-refractivity contribution in [3.05, 3.63) is 0 Å². The summed E-state index contributed by atoms with van der Waals surface area (Å²) in [6.45, 7) is 9.52. The van der Waals surface area contributed by atoms with E-state index in [1.807, 2.05) is 7.05 Å². The lowest BCUT2D eigenvalue weighted by Crippen LogP contribution is -2.41. The van der Waals surface area contributed by atoms with Crippen molar-refractivity contribution in [3.63, 3.8) is 0 Å². The summed E-state index contributed by atoms with van der Waals surface area (Å²) >= 11 is 4.83. The highest BCUT2D eigenvalue weighted by Crippen LogP contribution is 2.09. The Balaban J connectivity index is 4.21. The number of nitrogens with two attached hydrogens (primary N) is 1. The molecule has 0 aliphatic rings. The van der Waals surface area contributed by atoms with Crippen LogP contribution in [-0.2, 0) is 4.79 Å². The molecule has 0 aromatic heterocycles. The van der Waals surface area contributed by atoms with Gasteiger partial charge in [0.2, 0.25) is 5.91 Å². The maximum absolute atomic E-state index is 12.1. The molecule has 0 rings (SSSR count). The number of hydrogen-bond donors (Lipinski definition) is 1. The number of hydrogen-bond acceptors (Lipinski definition) is 3. The predicted octanol–water partition coefficient (Wildman–Crippen LogP) is 1.88. The van der Waals surface area contributed by atoms with Crippen LogP contribution in [0.3, 0.4) is 0 Å². The molecule has 5 heteroatoms. The van der Waals surface area contributed by atoms with Crippen LogP contribution in [0.25, 0.3) is 0 Å². The molecule has 2 N–H and O–H groups in total. The molecule has 19 heavy (non-hydrogen) atoms. The number of amides is 1. The van der Waals surface area contributed by atoms with Gasteiger partial charge < -0.3 is 10.6 Å². The van der Waals surface area contributed by atoms with Crippen LogP contribution in [0.15, 0.2) is 0 Å². The highest BCUT2D eigenvalue weighted by atomic mass is 32.1. The van der Waals surface area contributed by atoms with Crippen molar-refractivity contribution in [2.45, 2.75) is 40.0 Å². The third-order valence-corrected chi connectivity index (χ3v) is 3.80. The van der Waals surface area contributed by atoms with Crippen LogP contribution in [0.4, 0.5) is 0 Å². The van der Waals surface area contributed by atoms with Gasteiger partial charge in [0.25, 0.3) is 0 Å². The van der Waals surface area contributed by atoms with Gasteiger partial charge in [0.05, 0.1) is 11.5 Å². The Labute approximate surface area is 123 Å². The second-order valence-electron chi connectivity index (χ2n) is 5.04. The van der Waals surface area contributed by atoms with Crippen LogP contribution in [0, 0.1) is 5.92 Å². The SMILES string of the molecule is CCC(CC)CN(CC)CC(=O)N(C)CCC(N)=S. The summed E-state index contributed by atoms with van der Waals surface area (Å²) in [6.07, 6.45) is 2.92. The zero-order valence-electron chi connectivity index (χ0n) is 12.8. The summed E-state index contributed by atoms with van der Waals surface area (Å²) in [4.78, 5) is 16.5. The number of nitrogens with zero attached hydrogens (tertiary/aromatic N) is 2. The fourth-order valence-corrected chi connectivity index (χ4v) is 2.02. The normalized spacial score (nSPS) is 11.1. The van der Waals surface area contributed by atoms with Gasteiger partial charge in [-0.3, -0.25) is 9.69 Å². The monoisotopic (exact) mass is 287 g/mol. The highest BCUT2D eigenvalue weighted by molar-refractivity contribution is 7.80. The molecule has 0 heterocycles. The average Bonchev–Trinajstić information content (AvgIpc) is 2.40. The van der Waals surface area contributed by atoms with Crippen molar-refractivity contribution >= 4 is 23.1 Å². The standard InChI is InChI=1S/C14H29N3OS/c1-5-12(6-2)10-17(7-3)11-14(18)16(4)9-8-13(15)19/h12H,5-11H2,1-4H3,(H2,15,19). The van der Waals surface area contributed by atoms with Crippen molar-refractivity contribution in [2.75, 3.05) is 33.2 Å². The van der Waals surface area contributed by atoms with Crippen LogP contribution >= 0.6 is 12.2 Å². The van der Waals surface area contributed by atoms with E-state index in [0.717, 1.165) is 13.1 Å². The summed E-state index contributed by atoms with van der Waals surface area (Å²) in [7, 11) is 1.81. The number of carbonyl (C=O) groups is 1. The van der Waals surface area contributed by atoms with Gasteiger partial charge in [-0.05, 0) is 12.5 Å². The number of carbonyl (C=O) groups excluding carboxylic acids is 1. The van der Waals surface area contributed by atoms with Crippen molar-refractivity contribution in [1.82, 2.24) is 9.80 Å². The second-order valence-corrected chi connectivity index (χ2v) is 5.57. The lowest BCUT2D eigenvalue weighted by molar-refractivity contribution is -0.131. The average molecular weight is 287 g/mol. The van der Waals surface area contributed by atoms with E-state index >= 15 is 0 Å². The lowest BCUT2D eigenvalue weighted by Gasteiger charge is -2.27. The van der Waals surface area contributed by atoms with Gasteiger partial charge in [-0.1, -0.05) is 45.8 Å². The van der Waals surface area contributed by atoms with Crippen LogP contribution in [0.5, 0.6) is 0 Å². The summed E-state index contributed by atoms with van der Waals surface area (Å²) in [5, 5.41) is 0. The minimum atomic E-state index is 0.143. The molecule has 4 nitrogen and oxygen atoms in total. The molecule has 0 atom stereocenters. The molecular formula is C14H29N3OS. The Bertz CT molecular complexity index is 280. The molecule has 0 fully saturated rings. The third kappa shape index (κ3) is 8.16. The zero-order chi connectivity index (χ0) is 14.8. The Morgan fingerprint density at radius 3 is 2.26 bits per heavy atom. The second kappa shape index (κ2) is 10.1. The van der Waals surface area contributed by atoms with E-state index < -0.39 is 0 Å². The fourth-order valence-electron chi connectivity index (χ4n) is 1.93. The van der Waals surface area contributed by atoms with Gasteiger partial charge in [0, 0.05) is 26.6 Å². The number of likely N-dealkylation sites (N-methyl/N-ethyl adjacent to an activating group) is 2. The lowest BCUT2D eigenvalue weighted by atomic mass is 10.0. The molecule has 0 bridgehead atoms. The zero-order valence-corrected chi connectivity index (χ0v) is 13.6. The molecule has 0 radical (unpaired) electrons. The fraction of sp³-hybridized carbons (Fsp3) is 0.857. The molecule has 112 valence electrons. The van der Waals surface area contributed by atoms with Crippen molar-refractivity contribution in [2.24, 2.45) is 11.7 Å². The molecule has 0 unspecified atom stereocenters. The summed E-state index contributed by atoms with van der Waals surface area (Å²) < 4.78 is 0. The molecular weight excluding hydrogens is 258 g/mol. The van der Waals surface area contributed by atoms with E-state index in [9.17, 15) is 4.79 Å². The summed E-state index contributed by atoms with van der Waals surface area (Å²) in [5.74, 6) is 0.818. The highest BCUT2D eigenvalue weighted by Gasteiger charge is 2.16. The van der Waals surface area contributed by atoms with Crippen LogP contribution in [0.1, 0.15) is 40.0 Å². The van der Waals surface area contributed by atoms with Gasteiger partial charge in [0.15, 0.2) is 0 Å². The van der Waals surface area contributed by atoms with Gasteiger partial charge in [-0.25, -0.2) is 0 Å². The Hall–Kier alpha value is -0.680. The number of thiocarbonyl (C=S) groups is 1. The Morgan fingerprint density at radius 2 is 1.84 bits per heavy atom. The Morgan fingerprint density at radius 1 is 1.26 bits per heavy atom. The molecule has 0 saturated carbocycles. The predicted molar refractivity (Wildman–Crippen MR) is 85.2 cm³/mol. The largest absolute Gasteiger partial charge is 0.393 e. The molecule has 1 amide bonds. The first-order chi connectivity index (χ1) is 8.94. The van der Waals surface area contributed by atoms with E-state index in [1.54, 1.807) is 4.90 Å².